The summed E-state index contributed by atoms with van der Waals surface area (Å²) >= 11 is 1.63. The molecule has 3 rings (SSSR count). The van der Waals surface area contributed by atoms with Gasteiger partial charge in [0.1, 0.15) is 11.5 Å². The Hall–Kier alpha value is -2.72. The van der Waals surface area contributed by atoms with E-state index in [2.05, 4.69) is 26.0 Å². The minimum absolute atomic E-state index is 0.552. The van der Waals surface area contributed by atoms with E-state index in [9.17, 15) is 0 Å². The molecule has 0 saturated carbocycles. The largest absolute Gasteiger partial charge is 0.468 e. The van der Waals surface area contributed by atoms with Crippen LogP contribution in [-0.2, 0) is 5.75 Å². The van der Waals surface area contributed by atoms with Crippen molar-refractivity contribution in [1.82, 2.24) is 0 Å². The third kappa shape index (κ3) is 5.90. The molecule has 1 aromatic heterocycles. The number of hydrogen-bond acceptors (Lipinski definition) is 4. The van der Waals surface area contributed by atoms with Crippen LogP contribution in [0, 0.1) is 20.8 Å². The fraction of sp³-hybridized carbons (Fsp3) is 0.174. The molecule has 27 heavy (non-hydrogen) atoms. The van der Waals surface area contributed by atoms with Gasteiger partial charge < -0.3 is 9.15 Å². The third-order valence-electron chi connectivity index (χ3n) is 4.05. The topological polar surface area (TPSA) is 34.7 Å². The number of rotatable bonds is 6. The lowest BCUT2D eigenvalue weighted by Gasteiger charge is -2.07. The average molecular weight is 378 g/mol. The van der Waals surface area contributed by atoms with Crippen molar-refractivity contribution in [2.75, 3.05) is 0 Å². The molecule has 1 heterocycles. The lowest BCUT2D eigenvalue weighted by atomic mass is 10.1. The quantitative estimate of drug-likeness (QED) is 0.351. The highest BCUT2D eigenvalue weighted by atomic mass is 32.2. The molecule has 0 N–H and O–H groups in total. The van der Waals surface area contributed by atoms with Gasteiger partial charge in [-0.2, -0.15) is 0 Å². The molecule has 3 nitrogen and oxygen atoms in total. The van der Waals surface area contributed by atoms with E-state index in [0.717, 1.165) is 28.5 Å². The summed E-state index contributed by atoms with van der Waals surface area (Å²) in [6, 6.07) is 18.0. The van der Waals surface area contributed by atoms with Gasteiger partial charge in [-0.25, -0.2) is 4.99 Å². The molecule has 0 aliphatic heterocycles. The number of thioether (sulfide) groups is 1. The molecule has 0 aliphatic rings. The summed E-state index contributed by atoms with van der Waals surface area (Å²) in [4.78, 5) is 4.69. The maximum atomic E-state index is 6.03. The SMILES string of the molecule is Cc1cccc(OC(C=CSCc2ccco2)=Nc2ccc(C)c(C)c2)c1. The zero-order valence-electron chi connectivity index (χ0n) is 15.8. The predicted octanol–water partition coefficient (Wildman–Crippen LogP) is 6.76. The number of aliphatic imine (C=N–C) groups is 1. The normalized spacial score (nSPS) is 11.9. The Morgan fingerprint density at radius 2 is 1.93 bits per heavy atom. The van der Waals surface area contributed by atoms with Crippen LogP contribution >= 0.6 is 11.8 Å². The van der Waals surface area contributed by atoms with E-state index >= 15 is 0 Å². The summed E-state index contributed by atoms with van der Waals surface area (Å²) in [5, 5.41) is 1.98. The number of ether oxygens (including phenoxy) is 1. The Balaban J connectivity index is 1.78. The second-order valence-electron chi connectivity index (χ2n) is 6.33. The first kappa shape index (κ1) is 19.1. The third-order valence-corrected chi connectivity index (χ3v) is 4.83. The van der Waals surface area contributed by atoms with E-state index in [0.29, 0.717) is 5.90 Å². The van der Waals surface area contributed by atoms with Crippen LogP contribution in [0.15, 0.2) is 81.8 Å². The Labute approximate surface area is 164 Å². The smallest absolute Gasteiger partial charge is 0.220 e. The highest BCUT2D eigenvalue weighted by molar-refractivity contribution is 8.01. The zero-order valence-corrected chi connectivity index (χ0v) is 16.6. The van der Waals surface area contributed by atoms with Crippen molar-refractivity contribution in [3.05, 3.63) is 94.8 Å². The number of benzene rings is 2. The minimum atomic E-state index is 0.552. The van der Waals surface area contributed by atoms with E-state index < -0.39 is 0 Å². The van der Waals surface area contributed by atoms with Gasteiger partial charge in [0, 0.05) is 6.08 Å². The summed E-state index contributed by atoms with van der Waals surface area (Å²) < 4.78 is 11.4. The second kappa shape index (κ2) is 9.28. The van der Waals surface area contributed by atoms with Crippen molar-refractivity contribution in [2.24, 2.45) is 4.99 Å². The van der Waals surface area contributed by atoms with E-state index in [-0.39, 0.29) is 0 Å². The monoisotopic (exact) mass is 377 g/mol. The number of aryl methyl sites for hydroxylation is 3. The summed E-state index contributed by atoms with van der Waals surface area (Å²) in [5.41, 5.74) is 4.48. The molecule has 0 amide bonds. The Morgan fingerprint density at radius 1 is 1.04 bits per heavy atom. The minimum Gasteiger partial charge on any atom is -0.468 e. The maximum Gasteiger partial charge on any atom is 0.220 e. The van der Waals surface area contributed by atoms with Gasteiger partial charge in [-0.1, -0.05) is 18.2 Å². The van der Waals surface area contributed by atoms with Gasteiger partial charge >= 0.3 is 0 Å². The molecular weight excluding hydrogens is 354 g/mol. The summed E-state index contributed by atoms with van der Waals surface area (Å²) in [5.74, 6) is 3.04. The molecule has 0 fully saturated rings. The zero-order chi connectivity index (χ0) is 19.1. The van der Waals surface area contributed by atoms with Crippen molar-refractivity contribution >= 4 is 23.3 Å². The van der Waals surface area contributed by atoms with Gasteiger partial charge in [-0.05, 0) is 79.3 Å². The molecule has 3 aromatic rings. The Morgan fingerprint density at radius 3 is 2.67 bits per heavy atom. The van der Waals surface area contributed by atoms with Crippen LogP contribution in [-0.4, -0.2) is 5.90 Å². The molecule has 0 aliphatic carbocycles. The maximum absolute atomic E-state index is 6.03. The average Bonchev–Trinajstić information content (AvgIpc) is 3.15. The van der Waals surface area contributed by atoms with E-state index in [4.69, 9.17) is 14.1 Å². The van der Waals surface area contributed by atoms with E-state index in [1.807, 2.05) is 60.9 Å². The van der Waals surface area contributed by atoms with Gasteiger partial charge in [0.25, 0.3) is 0 Å². The first-order valence-electron chi connectivity index (χ1n) is 8.81. The number of hydrogen-bond donors (Lipinski definition) is 0. The molecule has 2 aromatic carbocycles. The first-order chi connectivity index (χ1) is 13.1. The molecule has 138 valence electrons. The number of furan rings is 1. The highest BCUT2D eigenvalue weighted by Gasteiger charge is 2.03. The fourth-order valence-corrected chi connectivity index (χ4v) is 3.08. The molecule has 0 atom stereocenters. The van der Waals surface area contributed by atoms with Crippen molar-refractivity contribution in [3.63, 3.8) is 0 Å². The molecule has 0 radical (unpaired) electrons. The van der Waals surface area contributed by atoms with Crippen LogP contribution < -0.4 is 4.74 Å². The predicted molar refractivity (Wildman–Crippen MR) is 114 cm³/mol. The van der Waals surface area contributed by atoms with Crippen molar-refractivity contribution in [3.8, 4) is 5.75 Å². The summed E-state index contributed by atoms with van der Waals surface area (Å²) in [6.45, 7) is 6.23. The van der Waals surface area contributed by atoms with Crippen LogP contribution in [0.1, 0.15) is 22.5 Å². The molecule has 0 bridgehead atoms. The Kier molecular flexibility index (Phi) is 6.55. The number of nitrogens with zero attached hydrogens (tertiary/aromatic N) is 1. The van der Waals surface area contributed by atoms with E-state index in [1.54, 1.807) is 18.0 Å². The molecule has 0 saturated heterocycles. The highest BCUT2D eigenvalue weighted by Crippen LogP contribution is 2.20. The molecular formula is C23H23NO2S. The first-order valence-corrected chi connectivity index (χ1v) is 9.86. The standard InChI is InChI=1S/C23H23NO2S/c1-17-6-4-7-21(14-17)26-23(11-13-27-16-22-8-5-12-25-22)24-20-10-9-18(2)19(3)15-20/h4-15H,16H2,1-3H3. The van der Waals surface area contributed by atoms with Gasteiger partial charge in [0.15, 0.2) is 0 Å². The van der Waals surface area contributed by atoms with Crippen LogP contribution in [0.3, 0.4) is 0 Å². The Bertz CT molecular complexity index is 943. The summed E-state index contributed by atoms with van der Waals surface area (Å²) in [6.07, 6.45) is 3.58. The van der Waals surface area contributed by atoms with Crippen LogP contribution in [0.4, 0.5) is 5.69 Å². The lowest BCUT2D eigenvalue weighted by molar-refractivity contribution is 0.530. The fourth-order valence-electron chi connectivity index (χ4n) is 2.45. The summed E-state index contributed by atoms with van der Waals surface area (Å²) in [7, 11) is 0. The van der Waals surface area contributed by atoms with Gasteiger partial charge in [-0.15, -0.1) is 11.8 Å². The van der Waals surface area contributed by atoms with Gasteiger partial charge in [0.05, 0.1) is 17.7 Å². The van der Waals surface area contributed by atoms with Crippen LogP contribution in [0.25, 0.3) is 0 Å². The van der Waals surface area contributed by atoms with Crippen LogP contribution in [0.5, 0.6) is 5.75 Å². The lowest BCUT2D eigenvalue weighted by Crippen LogP contribution is -2.04. The van der Waals surface area contributed by atoms with Gasteiger partial charge in [-0.3, -0.25) is 0 Å². The molecule has 0 unspecified atom stereocenters. The van der Waals surface area contributed by atoms with Crippen molar-refractivity contribution in [1.29, 1.82) is 0 Å². The second-order valence-corrected chi connectivity index (χ2v) is 7.22. The van der Waals surface area contributed by atoms with Crippen molar-refractivity contribution in [2.45, 2.75) is 26.5 Å². The van der Waals surface area contributed by atoms with Gasteiger partial charge in [0.2, 0.25) is 5.90 Å². The molecule has 4 heteroatoms. The van der Waals surface area contributed by atoms with E-state index in [1.165, 1.54) is 11.1 Å². The van der Waals surface area contributed by atoms with Crippen molar-refractivity contribution < 1.29 is 9.15 Å². The van der Waals surface area contributed by atoms with Crippen LogP contribution in [0.2, 0.25) is 0 Å². The molecule has 0 spiro atoms.